The van der Waals surface area contributed by atoms with Gasteiger partial charge >= 0.3 is 5.97 Å². The Morgan fingerprint density at radius 3 is 2.50 bits per heavy atom. The first-order valence-electron chi connectivity index (χ1n) is 6.92. The predicted molar refractivity (Wildman–Crippen MR) is 77.2 cm³/mol. The summed E-state index contributed by atoms with van der Waals surface area (Å²) in [7, 11) is 0. The zero-order valence-corrected chi connectivity index (χ0v) is 12.9. The smallest absolute Gasteiger partial charge is 0.340 e. The molecule has 0 spiro atoms. The first-order chi connectivity index (χ1) is 9.42. The lowest BCUT2D eigenvalue weighted by molar-refractivity contribution is 0.0516. The molecule has 5 heteroatoms. The van der Waals surface area contributed by atoms with Crippen LogP contribution in [0.3, 0.4) is 0 Å². The van der Waals surface area contributed by atoms with Crippen molar-refractivity contribution in [3.63, 3.8) is 0 Å². The Balaban J connectivity index is 3.22. The first kappa shape index (κ1) is 16.4. The van der Waals surface area contributed by atoms with Crippen LogP contribution in [0.1, 0.15) is 42.4 Å². The van der Waals surface area contributed by atoms with E-state index in [1.165, 1.54) is 6.07 Å². The van der Waals surface area contributed by atoms with Crippen LogP contribution >= 0.6 is 0 Å². The Hall–Kier alpha value is -1.62. The number of esters is 1. The molecule has 5 nitrogen and oxygen atoms in total. The van der Waals surface area contributed by atoms with Crippen molar-refractivity contribution in [2.24, 2.45) is 0 Å². The minimum Gasteiger partial charge on any atom is -0.462 e. The summed E-state index contributed by atoms with van der Waals surface area (Å²) in [6, 6.07) is 1.47. The van der Waals surface area contributed by atoms with Gasteiger partial charge in [0.25, 0.3) is 5.56 Å². The average Bonchev–Trinajstić information content (AvgIpc) is 2.35. The van der Waals surface area contributed by atoms with Gasteiger partial charge in [0.1, 0.15) is 0 Å². The molecule has 0 saturated heterocycles. The van der Waals surface area contributed by atoms with Crippen molar-refractivity contribution in [3.05, 3.63) is 33.2 Å². The van der Waals surface area contributed by atoms with Crippen LogP contribution in [-0.2, 0) is 16.0 Å². The molecule has 1 unspecified atom stereocenters. The Kier molecular flexibility index (Phi) is 5.95. The van der Waals surface area contributed by atoms with Gasteiger partial charge in [-0.25, -0.2) is 4.79 Å². The van der Waals surface area contributed by atoms with E-state index in [0.717, 1.165) is 0 Å². The van der Waals surface area contributed by atoms with E-state index in [1.54, 1.807) is 25.3 Å². The lowest BCUT2D eigenvalue weighted by Gasteiger charge is -2.18. The normalized spacial score (nSPS) is 12.2. The minimum atomic E-state index is -0.389. The number of aromatic nitrogens is 1. The van der Waals surface area contributed by atoms with Gasteiger partial charge in [-0.2, -0.15) is 0 Å². The van der Waals surface area contributed by atoms with E-state index in [0.29, 0.717) is 36.6 Å². The maximum Gasteiger partial charge on any atom is 0.340 e. The molecular weight excluding hydrogens is 258 g/mol. The summed E-state index contributed by atoms with van der Waals surface area (Å²) in [5.74, 6) is -0.389. The van der Waals surface area contributed by atoms with Crippen molar-refractivity contribution in [3.8, 4) is 0 Å². The van der Waals surface area contributed by atoms with E-state index in [-0.39, 0.29) is 17.6 Å². The lowest BCUT2D eigenvalue weighted by atomic mass is 10.1. The van der Waals surface area contributed by atoms with Crippen LogP contribution in [-0.4, -0.2) is 29.9 Å². The molecule has 0 aliphatic heterocycles. The first-order valence-corrected chi connectivity index (χ1v) is 6.92. The van der Waals surface area contributed by atoms with Crippen molar-refractivity contribution < 1.29 is 14.3 Å². The van der Waals surface area contributed by atoms with Gasteiger partial charge < -0.3 is 14.0 Å². The number of carbonyl (C=O) groups is 1. The zero-order chi connectivity index (χ0) is 15.3. The molecular formula is C15H23NO4. The van der Waals surface area contributed by atoms with E-state index in [4.69, 9.17) is 9.47 Å². The topological polar surface area (TPSA) is 57.5 Å². The summed E-state index contributed by atoms with van der Waals surface area (Å²) in [6.07, 6.45) is -0.0887. The van der Waals surface area contributed by atoms with E-state index in [2.05, 4.69) is 0 Å². The van der Waals surface area contributed by atoms with Crippen LogP contribution < -0.4 is 5.56 Å². The van der Waals surface area contributed by atoms with Crippen molar-refractivity contribution in [2.75, 3.05) is 13.2 Å². The lowest BCUT2D eigenvalue weighted by Crippen LogP contribution is -2.30. The molecule has 0 fully saturated rings. The van der Waals surface area contributed by atoms with Crippen molar-refractivity contribution in [1.29, 1.82) is 0 Å². The van der Waals surface area contributed by atoms with Gasteiger partial charge in [-0.05, 0) is 40.2 Å². The standard InChI is InChI=1S/C15H23NO4/c1-6-19-11(4)9-16-12(5)14(15(18)20-7-2)10(3)8-13(16)17/h8,11H,6-7,9H2,1-5H3. The molecule has 1 aromatic rings. The molecule has 112 valence electrons. The average molecular weight is 281 g/mol. The fraction of sp³-hybridized carbons (Fsp3) is 0.600. The van der Waals surface area contributed by atoms with Gasteiger partial charge in [0, 0.05) is 18.4 Å². The summed E-state index contributed by atoms with van der Waals surface area (Å²) in [5, 5.41) is 0. The van der Waals surface area contributed by atoms with Crippen LogP contribution in [0.4, 0.5) is 0 Å². The second-order valence-corrected chi connectivity index (χ2v) is 4.72. The molecule has 0 aliphatic rings. The molecule has 0 N–H and O–H groups in total. The summed E-state index contributed by atoms with van der Waals surface area (Å²) in [5.41, 5.74) is 1.61. The SMILES string of the molecule is CCOC(=O)c1c(C)cc(=O)n(CC(C)OCC)c1C. The second kappa shape index (κ2) is 7.24. The van der Waals surface area contributed by atoms with Crippen LogP contribution in [0.15, 0.2) is 10.9 Å². The maximum atomic E-state index is 12.1. The largest absolute Gasteiger partial charge is 0.462 e. The van der Waals surface area contributed by atoms with Crippen LogP contribution in [0.5, 0.6) is 0 Å². The van der Waals surface area contributed by atoms with E-state index in [9.17, 15) is 9.59 Å². The Bertz CT molecular complexity index is 533. The molecule has 1 heterocycles. The number of pyridine rings is 1. The molecule has 0 aromatic carbocycles. The number of ether oxygens (including phenoxy) is 2. The Morgan fingerprint density at radius 2 is 1.95 bits per heavy atom. The molecule has 0 aliphatic carbocycles. The molecule has 1 atom stereocenters. The third-order valence-corrected chi connectivity index (χ3v) is 3.14. The number of hydrogen-bond acceptors (Lipinski definition) is 4. The van der Waals surface area contributed by atoms with Crippen LogP contribution in [0.2, 0.25) is 0 Å². The maximum absolute atomic E-state index is 12.1. The second-order valence-electron chi connectivity index (χ2n) is 4.72. The van der Waals surface area contributed by atoms with Gasteiger partial charge in [-0.1, -0.05) is 0 Å². The summed E-state index contributed by atoms with van der Waals surface area (Å²) in [4.78, 5) is 24.1. The molecule has 20 heavy (non-hydrogen) atoms. The number of nitrogens with zero attached hydrogens (tertiary/aromatic N) is 1. The predicted octanol–water partition coefficient (Wildman–Crippen LogP) is 2.07. The van der Waals surface area contributed by atoms with Gasteiger partial charge in [0.15, 0.2) is 0 Å². The van der Waals surface area contributed by atoms with Crippen LogP contribution in [0, 0.1) is 13.8 Å². The van der Waals surface area contributed by atoms with Crippen LogP contribution in [0.25, 0.3) is 0 Å². The van der Waals surface area contributed by atoms with Gasteiger partial charge in [-0.15, -0.1) is 0 Å². The van der Waals surface area contributed by atoms with Crippen molar-refractivity contribution in [1.82, 2.24) is 4.57 Å². The van der Waals surface area contributed by atoms with E-state index >= 15 is 0 Å². The monoisotopic (exact) mass is 281 g/mol. The molecule has 1 rings (SSSR count). The van der Waals surface area contributed by atoms with Gasteiger partial charge in [0.05, 0.1) is 24.8 Å². The minimum absolute atomic E-state index is 0.0887. The molecule has 0 saturated carbocycles. The quantitative estimate of drug-likeness (QED) is 0.749. The Labute approximate surface area is 119 Å². The number of rotatable bonds is 6. The zero-order valence-electron chi connectivity index (χ0n) is 12.9. The highest BCUT2D eigenvalue weighted by atomic mass is 16.5. The summed E-state index contributed by atoms with van der Waals surface area (Å²) >= 11 is 0. The number of aryl methyl sites for hydroxylation is 1. The molecule has 0 amide bonds. The number of hydrogen-bond donors (Lipinski definition) is 0. The van der Waals surface area contributed by atoms with Crippen molar-refractivity contribution in [2.45, 2.75) is 47.3 Å². The van der Waals surface area contributed by atoms with Gasteiger partial charge in [-0.3, -0.25) is 4.79 Å². The highest BCUT2D eigenvalue weighted by molar-refractivity contribution is 5.92. The fourth-order valence-electron chi connectivity index (χ4n) is 2.25. The highest BCUT2D eigenvalue weighted by Crippen LogP contribution is 2.13. The number of carbonyl (C=O) groups excluding carboxylic acids is 1. The highest BCUT2D eigenvalue weighted by Gasteiger charge is 2.18. The van der Waals surface area contributed by atoms with E-state index < -0.39 is 0 Å². The fourth-order valence-corrected chi connectivity index (χ4v) is 2.25. The van der Waals surface area contributed by atoms with Gasteiger partial charge in [0.2, 0.25) is 0 Å². The summed E-state index contributed by atoms with van der Waals surface area (Å²) in [6.45, 7) is 10.4. The Morgan fingerprint density at radius 1 is 1.30 bits per heavy atom. The molecule has 0 radical (unpaired) electrons. The molecule has 0 bridgehead atoms. The van der Waals surface area contributed by atoms with Crippen molar-refractivity contribution >= 4 is 5.97 Å². The molecule has 1 aromatic heterocycles. The third-order valence-electron chi connectivity index (χ3n) is 3.14. The van der Waals surface area contributed by atoms with E-state index in [1.807, 2.05) is 13.8 Å². The summed E-state index contributed by atoms with van der Waals surface area (Å²) < 4.78 is 12.1. The third kappa shape index (κ3) is 3.70.